The zero-order chi connectivity index (χ0) is 10.5. The van der Waals surface area contributed by atoms with E-state index in [4.69, 9.17) is 10.5 Å². The Bertz CT molecular complexity index is 208. The van der Waals surface area contributed by atoms with Crippen molar-refractivity contribution in [1.29, 1.82) is 0 Å². The lowest BCUT2D eigenvalue weighted by Crippen LogP contribution is -2.27. The van der Waals surface area contributed by atoms with Crippen molar-refractivity contribution >= 4 is 9.84 Å². The zero-order valence-electron chi connectivity index (χ0n) is 8.49. The fraction of sp³-hybridized carbons (Fsp3) is 1.00. The Hall–Kier alpha value is -0.130. The summed E-state index contributed by atoms with van der Waals surface area (Å²) in [6, 6.07) is 0. The number of sulfone groups is 1. The average molecular weight is 209 g/mol. The molecule has 80 valence electrons. The molecular formula is C8H19NO3S. The third kappa shape index (κ3) is 6.01. The minimum atomic E-state index is -3.01. The molecule has 0 rings (SSSR count). The first-order chi connectivity index (χ1) is 5.91. The van der Waals surface area contributed by atoms with Gasteiger partial charge in [0.1, 0.15) is 0 Å². The highest BCUT2D eigenvalue weighted by Gasteiger charge is 2.18. The van der Waals surface area contributed by atoms with Crippen LogP contribution < -0.4 is 5.73 Å². The van der Waals surface area contributed by atoms with E-state index in [2.05, 4.69) is 0 Å². The van der Waals surface area contributed by atoms with Gasteiger partial charge in [0.2, 0.25) is 0 Å². The van der Waals surface area contributed by atoms with Crippen LogP contribution in [0.5, 0.6) is 0 Å². The third-order valence-electron chi connectivity index (χ3n) is 1.83. The minimum Gasteiger partial charge on any atom is -0.381 e. The molecule has 2 atom stereocenters. The van der Waals surface area contributed by atoms with E-state index in [-0.39, 0.29) is 23.5 Å². The van der Waals surface area contributed by atoms with Crippen LogP contribution in [-0.4, -0.2) is 39.7 Å². The summed E-state index contributed by atoms with van der Waals surface area (Å²) in [5, 5.41) is 0. The van der Waals surface area contributed by atoms with Gasteiger partial charge in [0.25, 0.3) is 0 Å². The standard InChI is InChI=1S/C8H19NO3S/c1-7(4-9)5-13(10,11)6-8(2)12-3/h7-8H,4-6,9H2,1-3H3. The molecule has 13 heavy (non-hydrogen) atoms. The maximum Gasteiger partial charge on any atom is 0.153 e. The van der Waals surface area contributed by atoms with E-state index in [0.717, 1.165) is 0 Å². The maximum atomic E-state index is 11.4. The Kier molecular flexibility index (Phi) is 5.51. The molecule has 0 heterocycles. The second-order valence-corrected chi connectivity index (χ2v) is 5.62. The topological polar surface area (TPSA) is 69.4 Å². The van der Waals surface area contributed by atoms with Crippen LogP contribution >= 0.6 is 0 Å². The Balaban J connectivity index is 4.09. The van der Waals surface area contributed by atoms with E-state index >= 15 is 0 Å². The van der Waals surface area contributed by atoms with Crippen LogP contribution in [0.25, 0.3) is 0 Å². The molecule has 0 saturated carbocycles. The molecule has 0 aliphatic rings. The number of rotatable bonds is 6. The summed E-state index contributed by atoms with van der Waals surface area (Å²) in [5.41, 5.74) is 5.35. The fourth-order valence-electron chi connectivity index (χ4n) is 0.995. The Morgan fingerprint density at radius 1 is 1.31 bits per heavy atom. The van der Waals surface area contributed by atoms with E-state index in [1.807, 2.05) is 6.92 Å². The summed E-state index contributed by atoms with van der Waals surface area (Å²) < 4.78 is 27.8. The normalized spacial score (nSPS) is 16.9. The van der Waals surface area contributed by atoms with Crippen molar-refractivity contribution in [3.63, 3.8) is 0 Å². The highest BCUT2D eigenvalue weighted by atomic mass is 32.2. The Labute approximate surface area is 80.4 Å². The lowest BCUT2D eigenvalue weighted by atomic mass is 10.2. The molecule has 0 amide bonds. The van der Waals surface area contributed by atoms with Crippen molar-refractivity contribution in [2.75, 3.05) is 25.2 Å². The summed E-state index contributed by atoms with van der Waals surface area (Å²) >= 11 is 0. The number of nitrogens with two attached hydrogens (primary N) is 1. The molecule has 0 aromatic heterocycles. The molecule has 0 aromatic carbocycles. The third-order valence-corrected chi connectivity index (χ3v) is 3.89. The second-order valence-electron chi connectivity index (χ2n) is 3.46. The molecular weight excluding hydrogens is 190 g/mol. The van der Waals surface area contributed by atoms with Gasteiger partial charge in [-0.3, -0.25) is 0 Å². The summed E-state index contributed by atoms with van der Waals surface area (Å²) in [6.45, 7) is 3.97. The molecule has 0 bridgehead atoms. The summed E-state index contributed by atoms with van der Waals surface area (Å²) in [6.07, 6.45) is -0.241. The SMILES string of the molecule is COC(C)CS(=O)(=O)CC(C)CN. The van der Waals surface area contributed by atoms with Crippen LogP contribution in [-0.2, 0) is 14.6 Å². The largest absolute Gasteiger partial charge is 0.381 e. The predicted molar refractivity (Wildman–Crippen MR) is 53.3 cm³/mol. The van der Waals surface area contributed by atoms with E-state index in [0.29, 0.717) is 6.54 Å². The molecule has 5 heteroatoms. The summed E-state index contributed by atoms with van der Waals surface area (Å²) in [7, 11) is -1.50. The van der Waals surface area contributed by atoms with Gasteiger partial charge < -0.3 is 10.5 Å². The highest BCUT2D eigenvalue weighted by molar-refractivity contribution is 7.91. The molecule has 4 nitrogen and oxygen atoms in total. The quantitative estimate of drug-likeness (QED) is 0.670. The van der Waals surface area contributed by atoms with Crippen LogP contribution in [0, 0.1) is 5.92 Å². The van der Waals surface area contributed by atoms with Gasteiger partial charge in [0.05, 0.1) is 17.6 Å². The van der Waals surface area contributed by atoms with Crippen molar-refractivity contribution in [1.82, 2.24) is 0 Å². The molecule has 2 N–H and O–H groups in total. The summed E-state index contributed by atoms with van der Waals surface area (Å²) in [5.74, 6) is 0.249. The molecule has 0 spiro atoms. The van der Waals surface area contributed by atoms with Crippen molar-refractivity contribution in [2.24, 2.45) is 11.7 Å². The van der Waals surface area contributed by atoms with E-state index < -0.39 is 9.84 Å². The van der Waals surface area contributed by atoms with Crippen molar-refractivity contribution in [2.45, 2.75) is 20.0 Å². The minimum absolute atomic E-state index is 0.0223. The van der Waals surface area contributed by atoms with Crippen LogP contribution in [0.4, 0.5) is 0 Å². The van der Waals surface area contributed by atoms with Crippen molar-refractivity contribution < 1.29 is 13.2 Å². The molecule has 0 aliphatic heterocycles. The molecule has 0 radical (unpaired) electrons. The Morgan fingerprint density at radius 2 is 1.85 bits per heavy atom. The van der Waals surface area contributed by atoms with E-state index in [1.165, 1.54) is 7.11 Å². The highest BCUT2D eigenvalue weighted by Crippen LogP contribution is 2.03. The molecule has 0 fully saturated rings. The van der Waals surface area contributed by atoms with Gasteiger partial charge in [0.15, 0.2) is 9.84 Å². The van der Waals surface area contributed by atoms with E-state index in [9.17, 15) is 8.42 Å². The summed E-state index contributed by atoms with van der Waals surface area (Å²) in [4.78, 5) is 0. The van der Waals surface area contributed by atoms with Crippen LogP contribution in [0.1, 0.15) is 13.8 Å². The van der Waals surface area contributed by atoms with Gasteiger partial charge in [-0.25, -0.2) is 8.42 Å². The lowest BCUT2D eigenvalue weighted by molar-refractivity contribution is 0.136. The van der Waals surface area contributed by atoms with Gasteiger partial charge in [0, 0.05) is 7.11 Å². The van der Waals surface area contributed by atoms with Gasteiger partial charge in [-0.05, 0) is 19.4 Å². The maximum absolute atomic E-state index is 11.4. The smallest absolute Gasteiger partial charge is 0.153 e. The van der Waals surface area contributed by atoms with Crippen molar-refractivity contribution in [3.05, 3.63) is 0 Å². The second kappa shape index (κ2) is 5.57. The molecule has 2 unspecified atom stereocenters. The average Bonchev–Trinajstić information content (AvgIpc) is 2.02. The first-order valence-electron chi connectivity index (χ1n) is 4.34. The van der Waals surface area contributed by atoms with Crippen LogP contribution in [0.3, 0.4) is 0 Å². The number of methoxy groups -OCH3 is 1. The van der Waals surface area contributed by atoms with Gasteiger partial charge in [-0.2, -0.15) is 0 Å². The first kappa shape index (κ1) is 12.9. The Morgan fingerprint density at radius 3 is 2.23 bits per heavy atom. The fourth-order valence-corrected chi connectivity index (χ4v) is 2.99. The lowest BCUT2D eigenvalue weighted by Gasteiger charge is -2.12. The van der Waals surface area contributed by atoms with Gasteiger partial charge >= 0.3 is 0 Å². The van der Waals surface area contributed by atoms with E-state index in [1.54, 1.807) is 6.92 Å². The van der Waals surface area contributed by atoms with Crippen molar-refractivity contribution in [3.8, 4) is 0 Å². The number of hydrogen-bond donors (Lipinski definition) is 1. The molecule has 0 aromatic rings. The monoisotopic (exact) mass is 209 g/mol. The van der Waals surface area contributed by atoms with Gasteiger partial charge in [-0.15, -0.1) is 0 Å². The first-order valence-corrected chi connectivity index (χ1v) is 6.16. The van der Waals surface area contributed by atoms with Crippen LogP contribution in [0.2, 0.25) is 0 Å². The van der Waals surface area contributed by atoms with Gasteiger partial charge in [-0.1, -0.05) is 6.92 Å². The zero-order valence-corrected chi connectivity index (χ0v) is 9.30. The predicted octanol–water partition coefficient (Wildman–Crippen LogP) is 0.0309. The molecule has 0 saturated heterocycles. The number of hydrogen-bond acceptors (Lipinski definition) is 4. The molecule has 0 aliphatic carbocycles. The number of ether oxygens (including phenoxy) is 1. The van der Waals surface area contributed by atoms with Crippen LogP contribution in [0.15, 0.2) is 0 Å².